The Balaban J connectivity index is 2.51. The molecule has 2 nitrogen and oxygen atoms in total. The summed E-state index contributed by atoms with van der Waals surface area (Å²) in [5.41, 5.74) is -0.0123. The number of hydrogen-bond donors (Lipinski definition) is 1. The smallest absolute Gasteiger partial charge is 0.0776 e. The molecule has 0 aromatic rings. The van der Waals surface area contributed by atoms with Crippen molar-refractivity contribution < 1.29 is 5.11 Å². The summed E-state index contributed by atoms with van der Waals surface area (Å²) in [5, 5.41) is 9.04. The second kappa shape index (κ2) is 5.34. The molecule has 1 fully saturated rings. The predicted molar refractivity (Wildman–Crippen MR) is 67.3 cm³/mol. The van der Waals surface area contributed by atoms with Crippen LogP contribution in [-0.2, 0) is 0 Å². The van der Waals surface area contributed by atoms with Crippen LogP contribution in [0.1, 0.15) is 26.7 Å². The van der Waals surface area contributed by atoms with Gasteiger partial charge in [0.2, 0.25) is 0 Å². The first-order chi connectivity index (χ1) is 6.60. The summed E-state index contributed by atoms with van der Waals surface area (Å²) < 4.78 is 2.96. The van der Waals surface area contributed by atoms with Gasteiger partial charge in [0, 0.05) is 29.2 Å². The van der Waals surface area contributed by atoms with Gasteiger partial charge >= 0.3 is 0 Å². The monoisotopic (exact) mass is 307 g/mol. The number of aliphatic hydroxyl groups is 1. The molecule has 80 valence electrons. The number of halogens is 1. The first kappa shape index (κ1) is 12.3. The average molecular weight is 307 g/mol. The quantitative estimate of drug-likeness (QED) is 0.622. The van der Waals surface area contributed by atoms with Crippen LogP contribution in [0.3, 0.4) is 0 Å². The summed E-state index contributed by atoms with van der Waals surface area (Å²) >= 11 is 2.09. The zero-order valence-corrected chi connectivity index (χ0v) is 11.0. The Morgan fingerprint density at radius 3 is 2.43 bits per heavy atom. The van der Waals surface area contributed by atoms with E-state index in [1.165, 1.54) is 0 Å². The zero-order valence-electron chi connectivity index (χ0n) is 8.89. The molecule has 1 aliphatic heterocycles. The number of likely N-dealkylation sites (tertiary alicyclic amines) is 1. The van der Waals surface area contributed by atoms with Gasteiger partial charge in [0.1, 0.15) is 0 Å². The minimum absolute atomic E-state index is 0.0123. The molecule has 1 N–H and O–H groups in total. The summed E-state index contributed by atoms with van der Waals surface area (Å²) in [7, 11) is 0. The molecule has 0 aromatic heterocycles. The molecule has 1 saturated heterocycles. The standard InChI is InChI=1S/C11H18INO/c1-11(2,5-6-12)13-7-3-10(9-14)4-8-13/h10,14H,3-4,7-9H2,1-2H3. The Bertz CT molecular complexity index is 233. The van der Waals surface area contributed by atoms with Gasteiger partial charge in [0.15, 0.2) is 0 Å². The third kappa shape index (κ3) is 3.11. The Hall–Kier alpha value is 0.210. The van der Waals surface area contributed by atoms with Crippen molar-refractivity contribution >= 4 is 22.6 Å². The van der Waals surface area contributed by atoms with Crippen LogP contribution in [0.2, 0.25) is 0 Å². The topological polar surface area (TPSA) is 23.5 Å². The maximum absolute atomic E-state index is 9.04. The largest absolute Gasteiger partial charge is 0.396 e. The van der Waals surface area contributed by atoms with Gasteiger partial charge in [-0.25, -0.2) is 0 Å². The molecule has 3 heteroatoms. The number of hydrogen-bond acceptors (Lipinski definition) is 2. The minimum Gasteiger partial charge on any atom is -0.396 e. The molecule has 1 heterocycles. The molecule has 0 unspecified atom stereocenters. The fourth-order valence-corrected chi connectivity index (χ4v) is 2.53. The Labute approximate surface area is 100 Å². The third-order valence-corrected chi connectivity index (χ3v) is 3.29. The lowest BCUT2D eigenvalue weighted by Crippen LogP contribution is -2.47. The van der Waals surface area contributed by atoms with E-state index in [0.717, 1.165) is 25.9 Å². The Morgan fingerprint density at radius 2 is 2.00 bits per heavy atom. The maximum Gasteiger partial charge on any atom is 0.0776 e. The summed E-state index contributed by atoms with van der Waals surface area (Å²) in [4.78, 5) is 2.41. The van der Waals surface area contributed by atoms with Gasteiger partial charge in [-0.15, -0.1) is 0 Å². The lowest BCUT2D eigenvalue weighted by atomic mass is 9.93. The van der Waals surface area contributed by atoms with Gasteiger partial charge in [-0.3, -0.25) is 4.90 Å². The molecule has 1 rings (SSSR count). The molecule has 0 saturated carbocycles. The molecule has 0 atom stereocenters. The molecule has 0 spiro atoms. The summed E-state index contributed by atoms with van der Waals surface area (Å²) in [6, 6.07) is 0. The first-order valence-electron chi connectivity index (χ1n) is 5.09. The van der Waals surface area contributed by atoms with Crippen LogP contribution in [0.25, 0.3) is 0 Å². The molecular weight excluding hydrogens is 289 g/mol. The second-order valence-corrected chi connectivity index (χ2v) is 4.93. The van der Waals surface area contributed by atoms with E-state index in [-0.39, 0.29) is 5.54 Å². The van der Waals surface area contributed by atoms with E-state index in [9.17, 15) is 0 Å². The van der Waals surface area contributed by atoms with E-state index in [1.807, 2.05) is 0 Å². The molecule has 1 aliphatic rings. The second-order valence-electron chi connectivity index (χ2n) is 4.39. The van der Waals surface area contributed by atoms with Crippen LogP contribution in [0.15, 0.2) is 0 Å². The number of rotatable bonds is 2. The lowest BCUT2D eigenvalue weighted by molar-refractivity contribution is 0.0862. The lowest BCUT2D eigenvalue weighted by Gasteiger charge is -2.39. The van der Waals surface area contributed by atoms with Crippen molar-refractivity contribution in [3.8, 4) is 9.85 Å². The maximum atomic E-state index is 9.04. The Kier molecular flexibility index (Phi) is 4.68. The van der Waals surface area contributed by atoms with Crippen molar-refractivity contribution in [3.63, 3.8) is 0 Å². The highest BCUT2D eigenvalue weighted by Gasteiger charge is 2.28. The molecule has 0 amide bonds. The SMILES string of the molecule is CC(C)(C#CI)N1CCC(CO)CC1. The van der Waals surface area contributed by atoms with Crippen molar-refractivity contribution in [1.29, 1.82) is 0 Å². The highest BCUT2D eigenvalue weighted by Crippen LogP contribution is 2.23. The van der Waals surface area contributed by atoms with Gasteiger partial charge in [-0.2, -0.15) is 0 Å². The van der Waals surface area contributed by atoms with Gasteiger partial charge in [-0.05, 0) is 49.6 Å². The fraction of sp³-hybridized carbons (Fsp3) is 0.818. The number of piperidine rings is 1. The van der Waals surface area contributed by atoms with Crippen LogP contribution in [-0.4, -0.2) is 35.2 Å². The van der Waals surface area contributed by atoms with Crippen molar-refractivity contribution in [1.82, 2.24) is 4.90 Å². The number of nitrogens with zero attached hydrogens (tertiary/aromatic N) is 1. The first-order valence-corrected chi connectivity index (χ1v) is 6.16. The van der Waals surface area contributed by atoms with Crippen molar-refractivity contribution in [2.24, 2.45) is 5.92 Å². The summed E-state index contributed by atoms with van der Waals surface area (Å²) in [6.45, 7) is 6.79. The van der Waals surface area contributed by atoms with Crippen LogP contribution in [0.5, 0.6) is 0 Å². The van der Waals surface area contributed by atoms with E-state index >= 15 is 0 Å². The van der Waals surface area contributed by atoms with Crippen LogP contribution in [0.4, 0.5) is 0 Å². The number of aliphatic hydroxyl groups excluding tert-OH is 1. The molecule has 0 aromatic carbocycles. The van der Waals surface area contributed by atoms with E-state index < -0.39 is 0 Å². The highest BCUT2D eigenvalue weighted by atomic mass is 127. The van der Waals surface area contributed by atoms with Crippen molar-refractivity contribution in [3.05, 3.63) is 0 Å². The molecular formula is C11H18INO. The molecule has 0 bridgehead atoms. The zero-order chi connectivity index (χ0) is 10.6. The summed E-state index contributed by atoms with van der Waals surface area (Å²) in [5.74, 6) is 3.73. The average Bonchev–Trinajstić information content (AvgIpc) is 2.18. The van der Waals surface area contributed by atoms with Gasteiger partial charge in [0.25, 0.3) is 0 Å². The van der Waals surface area contributed by atoms with E-state index in [2.05, 4.69) is 51.2 Å². The van der Waals surface area contributed by atoms with Crippen molar-refractivity contribution in [2.75, 3.05) is 19.7 Å². The molecule has 0 aliphatic carbocycles. The molecule has 14 heavy (non-hydrogen) atoms. The van der Waals surface area contributed by atoms with Gasteiger partial charge in [0.05, 0.1) is 5.54 Å². The normalized spacial score (nSPS) is 20.3. The summed E-state index contributed by atoms with van der Waals surface area (Å²) in [6.07, 6.45) is 2.20. The third-order valence-electron chi connectivity index (χ3n) is 3.02. The minimum atomic E-state index is -0.0123. The van der Waals surface area contributed by atoms with Gasteiger partial charge in [-0.1, -0.05) is 5.92 Å². The van der Waals surface area contributed by atoms with E-state index in [1.54, 1.807) is 0 Å². The fourth-order valence-electron chi connectivity index (χ4n) is 1.87. The van der Waals surface area contributed by atoms with Crippen LogP contribution >= 0.6 is 22.6 Å². The van der Waals surface area contributed by atoms with E-state index in [0.29, 0.717) is 12.5 Å². The Morgan fingerprint density at radius 1 is 1.43 bits per heavy atom. The van der Waals surface area contributed by atoms with Crippen LogP contribution < -0.4 is 0 Å². The predicted octanol–water partition coefficient (Wildman–Crippen LogP) is 1.87. The van der Waals surface area contributed by atoms with Gasteiger partial charge < -0.3 is 5.11 Å². The molecule has 0 radical (unpaired) electrons. The van der Waals surface area contributed by atoms with E-state index in [4.69, 9.17) is 5.11 Å². The van der Waals surface area contributed by atoms with Crippen LogP contribution in [0, 0.1) is 15.8 Å². The van der Waals surface area contributed by atoms with Crippen molar-refractivity contribution in [2.45, 2.75) is 32.2 Å². The highest BCUT2D eigenvalue weighted by molar-refractivity contribution is 14.1.